The van der Waals surface area contributed by atoms with Crippen LogP contribution in [-0.2, 0) is 9.63 Å². The molecular weight excluding hydrogens is 290 g/mol. The quantitative estimate of drug-likeness (QED) is 0.827. The van der Waals surface area contributed by atoms with E-state index in [1.807, 2.05) is 76.2 Å². The molecule has 3 rings (SSSR count). The summed E-state index contributed by atoms with van der Waals surface area (Å²) in [6, 6.07) is 15.2. The van der Waals surface area contributed by atoms with Gasteiger partial charge in [0.1, 0.15) is 11.5 Å². The van der Waals surface area contributed by atoms with Gasteiger partial charge in [-0.3, -0.25) is 9.63 Å². The number of hydroxylamine groups is 1. The van der Waals surface area contributed by atoms with Crippen LogP contribution in [0.5, 0.6) is 11.5 Å². The van der Waals surface area contributed by atoms with E-state index >= 15 is 0 Å². The van der Waals surface area contributed by atoms with Crippen LogP contribution in [0.2, 0.25) is 0 Å². The maximum absolute atomic E-state index is 12.5. The van der Waals surface area contributed by atoms with E-state index in [2.05, 4.69) is 0 Å². The lowest BCUT2D eigenvalue weighted by Crippen LogP contribution is -2.36. The molecule has 4 heteroatoms. The van der Waals surface area contributed by atoms with Crippen LogP contribution in [0.3, 0.4) is 0 Å². The summed E-state index contributed by atoms with van der Waals surface area (Å²) in [7, 11) is 0. The van der Waals surface area contributed by atoms with Crippen molar-refractivity contribution >= 4 is 11.6 Å². The predicted molar refractivity (Wildman–Crippen MR) is 89.7 cm³/mol. The van der Waals surface area contributed by atoms with E-state index in [1.54, 1.807) is 0 Å². The highest BCUT2D eigenvalue weighted by molar-refractivity contribution is 6.03. The summed E-state index contributed by atoms with van der Waals surface area (Å²) < 4.78 is 5.86. The molecule has 2 aromatic rings. The number of ether oxygens (including phenoxy) is 1. The predicted octanol–water partition coefficient (Wildman–Crippen LogP) is 4.66. The Balaban J connectivity index is 1.93. The second-order valence-electron chi connectivity index (χ2n) is 6.69. The Morgan fingerprint density at radius 2 is 1.70 bits per heavy atom. The first kappa shape index (κ1) is 15.6. The van der Waals surface area contributed by atoms with Crippen LogP contribution in [0.15, 0.2) is 48.5 Å². The summed E-state index contributed by atoms with van der Waals surface area (Å²) in [4.78, 5) is 18.3. The molecule has 0 aliphatic carbocycles. The van der Waals surface area contributed by atoms with Crippen LogP contribution >= 0.6 is 0 Å². The van der Waals surface area contributed by atoms with Crippen molar-refractivity contribution in [1.82, 2.24) is 0 Å². The van der Waals surface area contributed by atoms with Gasteiger partial charge >= 0.3 is 0 Å². The first-order chi connectivity index (χ1) is 10.8. The van der Waals surface area contributed by atoms with Crippen molar-refractivity contribution in [3.8, 4) is 11.5 Å². The lowest BCUT2D eigenvalue weighted by Gasteiger charge is -2.27. The Hall–Kier alpha value is -2.33. The van der Waals surface area contributed by atoms with Gasteiger partial charge in [0.05, 0.1) is 17.2 Å². The molecule has 0 radical (unpaired) electrons. The van der Waals surface area contributed by atoms with Gasteiger partial charge in [-0.2, -0.15) is 5.06 Å². The molecule has 1 heterocycles. The molecular formula is C19H21NO3. The number of para-hydroxylation sites is 1. The largest absolute Gasteiger partial charge is 0.457 e. The molecule has 120 valence electrons. The lowest BCUT2D eigenvalue weighted by molar-refractivity contribution is -0.131. The number of fused-ring (bicyclic) bond motifs is 1. The number of hydrogen-bond acceptors (Lipinski definition) is 3. The molecule has 0 saturated carbocycles. The Morgan fingerprint density at radius 1 is 1.00 bits per heavy atom. The van der Waals surface area contributed by atoms with E-state index in [0.717, 1.165) is 17.0 Å². The molecule has 2 aromatic carbocycles. The zero-order chi connectivity index (χ0) is 16.6. The number of amides is 1. The maximum Gasteiger partial charge on any atom is 0.258 e. The highest BCUT2D eigenvalue weighted by Crippen LogP contribution is 2.41. The minimum atomic E-state index is -0.451. The number of hydrogen-bond donors (Lipinski definition) is 0. The molecule has 23 heavy (non-hydrogen) atoms. The van der Waals surface area contributed by atoms with Gasteiger partial charge < -0.3 is 4.74 Å². The van der Waals surface area contributed by atoms with E-state index in [4.69, 9.17) is 9.57 Å². The first-order valence-electron chi connectivity index (χ1n) is 7.75. The van der Waals surface area contributed by atoms with Crippen molar-refractivity contribution in [2.45, 2.75) is 39.2 Å². The lowest BCUT2D eigenvalue weighted by atomic mass is 10.0. The topological polar surface area (TPSA) is 38.8 Å². The summed E-state index contributed by atoms with van der Waals surface area (Å²) >= 11 is 0. The minimum Gasteiger partial charge on any atom is -0.457 e. The molecule has 4 nitrogen and oxygen atoms in total. The molecule has 0 spiro atoms. The number of rotatable bonds is 3. The Bertz CT molecular complexity index is 719. The van der Waals surface area contributed by atoms with Gasteiger partial charge in [-0.25, -0.2) is 0 Å². The molecule has 0 N–H and O–H groups in total. The highest BCUT2D eigenvalue weighted by Gasteiger charge is 2.37. The number of carbonyl (C=O) groups excluding carboxylic acids is 1. The average molecular weight is 311 g/mol. The zero-order valence-electron chi connectivity index (χ0n) is 13.9. The van der Waals surface area contributed by atoms with Gasteiger partial charge in [-0.15, -0.1) is 0 Å². The summed E-state index contributed by atoms with van der Waals surface area (Å²) in [6.07, 6.45) is 0. The van der Waals surface area contributed by atoms with Crippen molar-refractivity contribution in [2.24, 2.45) is 0 Å². The van der Waals surface area contributed by atoms with Crippen molar-refractivity contribution in [3.63, 3.8) is 0 Å². The van der Waals surface area contributed by atoms with E-state index in [1.165, 1.54) is 5.06 Å². The molecule has 0 saturated heterocycles. The third-order valence-corrected chi connectivity index (χ3v) is 3.60. The monoisotopic (exact) mass is 311 g/mol. The fourth-order valence-corrected chi connectivity index (χ4v) is 2.55. The smallest absolute Gasteiger partial charge is 0.258 e. The maximum atomic E-state index is 12.5. The third-order valence-electron chi connectivity index (χ3n) is 3.60. The fourth-order valence-electron chi connectivity index (χ4n) is 2.55. The van der Waals surface area contributed by atoms with Gasteiger partial charge in [0, 0.05) is 6.07 Å². The van der Waals surface area contributed by atoms with E-state index in [0.29, 0.717) is 5.75 Å². The summed E-state index contributed by atoms with van der Waals surface area (Å²) in [6.45, 7) is 7.67. The molecule has 0 aromatic heterocycles. The second kappa shape index (κ2) is 5.70. The van der Waals surface area contributed by atoms with E-state index < -0.39 is 5.60 Å². The number of benzene rings is 2. The van der Waals surface area contributed by atoms with Gasteiger partial charge in [0.2, 0.25) is 0 Å². The van der Waals surface area contributed by atoms with Crippen molar-refractivity contribution in [3.05, 3.63) is 54.1 Å². The average Bonchev–Trinajstić information content (AvgIpc) is 2.72. The van der Waals surface area contributed by atoms with Crippen LogP contribution in [-0.4, -0.2) is 11.5 Å². The molecule has 0 bridgehead atoms. The van der Waals surface area contributed by atoms with Crippen LogP contribution in [0.1, 0.15) is 39.2 Å². The summed E-state index contributed by atoms with van der Waals surface area (Å²) in [5, 5.41) is 1.40. The molecule has 1 aliphatic heterocycles. The van der Waals surface area contributed by atoms with Gasteiger partial charge in [0.15, 0.2) is 0 Å². The standard InChI is InChI=1S/C19H21NO3/c1-13-16-11-10-15(22-14-8-6-5-7-9-14)12-17(16)20(18(13)21)23-19(2,3)4/h5-13H,1-4H3. The van der Waals surface area contributed by atoms with Crippen LogP contribution < -0.4 is 9.80 Å². The SMILES string of the molecule is CC1C(=O)N(OC(C)(C)C)c2cc(Oc3ccccc3)ccc21. The van der Waals surface area contributed by atoms with Crippen LogP contribution in [0, 0.1) is 0 Å². The molecule has 1 aliphatic rings. The third kappa shape index (κ3) is 3.22. The summed E-state index contributed by atoms with van der Waals surface area (Å²) in [5.74, 6) is 1.18. The second-order valence-corrected chi connectivity index (χ2v) is 6.69. The van der Waals surface area contributed by atoms with Crippen LogP contribution in [0.4, 0.5) is 5.69 Å². The van der Waals surface area contributed by atoms with E-state index in [9.17, 15) is 4.79 Å². The molecule has 1 atom stereocenters. The highest BCUT2D eigenvalue weighted by atomic mass is 16.7. The molecule has 0 fully saturated rings. The number of anilines is 1. The fraction of sp³-hybridized carbons (Fsp3) is 0.316. The number of nitrogens with zero attached hydrogens (tertiary/aromatic N) is 1. The van der Waals surface area contributed by atoms with Gasteiger partial charge in [-0.1, -0.05) is 24.3 Å². The van der Waals surface area contributed by atoms with Crippen molar-refractivity contribution < 1.29 is 14.4 Å². The number of carbonyl (C=O) groups is 1. The van der Waals surface area contributed by atoms with Crippen molar-refractivity contribution in [2.75, 3.05) is 5.06 Å². The Labute approximate surface area is 136 Å². The zero-order valence-corrected chi connectivity index (χ0v) is 13.9. The van der Waals surface area contributed by atoms with Crippen molar-refractivity contribution in [1.29, 1.82) is 0 Å². The normalized spacial score (nSPS) is 17.3. The minimum absolute atomic E-state index is 0.0493. The van der Waals surface area contributed by atoms with E-state index in [-0.39, 0.29) is 11.8 Å². The van der Waals surface area contributed by atoms with Gasteiger partial charge in [-0.05, 0) is 51.5 Å². The molecule has 1 unspecified atom stereocenters. The molecule has 1 amide bonds. The Kier molecular flexibility index (Phi) is 3.86. The summed E-state index contributed by atoms with van der Waals surface area (Å²) in [5.41, 5.74) is 1.26. The van der Waals surface area contributed by atoms with Crippen LogP contribution in [0.25, 0.3) is 0 Å². The first-order valence-corrected chi connectivity index (χ1v) is 7.75. The Morgan fingerprint density at radius 3 is 2.35 bits per heavy atom. The van der Waals surface area contributed by atoms with Gasteiger partial charge in [0.25, 0.3) is 5.91 Å².